The van der Waals surface area contributed by atoms with Gasteiger partial charge in [-0.3, -0.25) is 4.68 Å². The van der Waals surface area contributed by atoms with Gasteiger partial charge in [0.15, 0.2) is 0 Å². The van der Waals surface area contributed by atoms with E-state index < -0.39 is 10.0 Å². The van der Waals surface area contributed by atoms with Crippen LogP contribution in [0.4, 0.5) is 11.6 Å². The van der Waals surface area contributed by atoms with Crippen molar-refractivity contribution in [1.82, 2.24) is 28.7 Å². The first-order valence-corrected chi connectivity index (χ1v) is 12.9. The molecule has 6 bridgehead atoms. The van der Waals surface area contributed by atoms with E-state index >= 15 is 0 Å². The Morgan fingerprint density at radius 1 is 1.00 bits per heavy atom. The third-order valence-corrected chi connectivity index (χ3v) is 8.55. The van der Waals surface area contributed by atoms with Crippen molar-refractivity contribution in [3.05, 3.63) is 55.0 Å². The first-order chi connectivity index (χ1) is 16.6. The molecule has 7 rings (SSSR count). The monoisotopic (exact) mass is 479 g/mol. The number of aryl methyl sites for hydroxylation is 1. The average Bonchev–Trinajstić information content (AvgIpc) is 3.49. The highest BCUT2D eigenvalue weighted by Gasteiger charge is 2.39. The van der Waals surface area contributed by atoms with Crippen LogP contribution in [0.1, 0.15) is 19.3 Å². The molecule has 0 unspecified atom stereocenters. The molecule has 1 fully saturated rings. The number of benzene rings is 1. The van der Waals surface area contributed by atoms with Gasteiger partial charge in [-0.1, -0.05) is 0 Å². The number of sulfonamides is 1. The topological polar surface area (TPSA) is 107 Å². The summed E-state index contributed by atoms with van der Waals surface area (Å²) in [5.41, 5.74) is 3.58. The molecule has 5 heterocycles. The van der Waals surface area contributed by atoms with E-state index in [1.165, 1.54) is 0 Å². The van der Waals surface area contributed by atoms with Crippen molar-refractivity contribution in [1.29, 1.82) is 0 Å². The lowest BCUT2D eigenvalue weighted by molar-refractivity contribution is 0.269. The van der Waals surface area contributed by atoms with Gasteiger partial charge in [-0.15, -0.1) is 5.10 Å². The Morgan fingerprint density at radius 2 is 1.85 bits per heavy atom. The Balaban J connectivity index is 1.33. The van der Waals surface area contributed by atoms with E-state index in [1.807, 2.05) is 47.1 Å². The molecule has 4 aromatic rings. The third kappa shape index (κ3) is 4.12. The number of nitrogens with one attached hydrogen (secondary N) is 1. The second kappa shape index (κ2) is 8.41. The summed E-state index contributed by atoms with van der Waals surface area (Å²) in [5, 5.41) is 12.0. The number of aromatic nitrogens is 5. The van der Waals surface area contributed by atoms with Gasteiger partial charge in [0.2, 0.25) is 16.0 Å². The van der Waals surface area contributed by atoms with Crippen molar-refractivity contribution >= 4 is 27.2 Å². The predicted octanol–water partition coefficient (Wildman–Crippen LogP) is 2.91. The minimum absolute atomic E-state index is 0.247. The highest BCUT2D eigenvalue weighted by Crippen LogP contribution is 2.31. The summed E-state index contributed by atoms with van der Waals surface area (Å²) in [6.07, 6.45) is 7.50. The van der Waals surface area contributed by atoms with Crippen molar-refractivity contribution in [2.45, 2.75) is 31.1 Å². The number of hydrogen-bond donors (Lipinski definition) is 1. The maximum atomic E-state index is 12.9. The van der Waals surface area contributed by atoms with Crippen molar-refractivity contribution < 1.29 is 13.2 Å². The van der Waals surface area contributed by atoms with Crippen molar-refractivity contribution in [2.75, 3.05) is 25.0 Å². The molecule has 0 amide bonds. The van der Waals surface area contributed by atoms with Crippen molar-refractivity contribution in [2.24, 2.45) is 0 Å². The minimum Gasteiger partial charge on any atom is -0.492 e. The predicted molar refractivity (Wildman–Crippen MR) is 128 cm³/mol. The summed E-state index contributed by atoms with van der Waals surface area (Å²) in [6.45, 7) is 1.65. The standard InChI is InChI=1S/C23H25N7O3S/c31-34(32,21-7-8-21)29-11-1-10-28-16-18(14-25-28)26-23-24-15-19-4-9-22(30(19)27-23)17-2-5-20(6-3-17)33-13-12-29/h2-6,9,14-16,21H,1,7-8,10-13H2,(H,26,27). The molecule has 34 heavy (non-hydrogen) atoms. The van der Waals surface area contributed by atoms with Crippen LogP contribution in [0.2, 0.25) is 0 Å². The Bertz CT molecular complexity index is 1420. The van der Waals surface area contributed by atoms with Crippen LogP contribution in [0, 0.1) is 0 Å². The SMILES string of the molecule is O=S(=O)(C1CC1)N1CCCn2cc(cn2)Nc2ncc3ccc(n3n2)-c2ccc(cc2)OCC1. The summed E-state index contributed by atoms with van der Waals surface area (Å²) in [7, 11) is -3.30. The fraction of sp³-hybridized carbons (Fsp3) is 0.348. The van der Waals surface area contributed by atoms with Gasteiger partial charge in [0, 0.05) is 31.4 Å². The molecule has 11 heteroatoms. The molecule has 10 nitrogen and oxygen atoms in total. The molecule has 1 N–H and O–H groups in total. The third-order valence-electron chi connectivity index (χ3n) is 6.15. The van der Waals surface area contributed by atoms with Gasteiger partial charge in [-0.25, -0.2) is 17.9 Å². The Hall–Kier alpha value is -3.44. The summed E-state index contributed by atoms with van der Waals surface area (Å²) < 4.78 is 37.0. The van der Waals surface area contributed by atoms with Crippen LogP contribution in [-0.2, 0) is 16.6 Å². The summed E-state index contributed by atoms with van der Waals surface area (Å²) in [5.74, 6) is 1.16. The van der Waals surface area contributed by atoms with Crippen molar-refractivity contribution in [3.63, 3.8) is 0 Å². The zero-order chi connectivity index (χ0) is 23.1. The van der Waals surface area contributed by atoms with Crippen LogP contribution in [0.5, 0.6) is 5.75 Å². The molecule has 3 aromatic heterocycles. The van der Waals surface area contributed by atoms with Gasteiger partial charge in [0.05, 0.1) is 34.5 Å². The second-order valence-electron chi connectivity index (χ2n) is 8.62. The summed E-state index contributed by atoms with van der Waals surface area (Å²) in [6, 6.07) is 11.7. The Labute approximate surface area is 197 Å². The van der Waals surface area contributed by atoms with E-state index in [1.54, 1.807) is 21.4 Å². The summed E-state index contributed by atoms with van der Waals surface area (Å²) >= 11 is 0. The van der Waals surface area contributed by atoms with Crippen LogP contribution in [-0.4, -0.2) is 62.0 Å². The van der Waals surface area contributed by atoms with E-state index in [4.69, 9.17) is 4.74 Å². The molecule has 2 aliphatic heterocycles. The molecular formula is C23H25N7O3S. The molecule has 1 aromatic carbocycles. The minimum atomic E-state index is -3.30. The lowest BCUT2D eigenvalue weighted by Gasteiger charge is -2.22. The van der Waals surface area contributed by atoms with Crippen LogP contribution in [0.3, 0.4) is 0 Å². The molecule has 1 saturated carbocycles. The molecular weight excluding hydrogens is 454 g/mol. The number of nitrogens with zero attached hydrogens (tertiary/aromatic N) is 6. The maximum Gasteiger partial charge on any atom is 0.245 e. The second-order valence-corrected chi connectivity index (χ2v) is 10.8. The molecule has 0 radical (unpaired) electrons. The average molecular weight is 480 g/mol. The first kappa shape index (κ1) is 21.1. The number of rotatable bonds is 2. The van der Waals surface area contributed by atoms with Gasteiger partial charge >= 0.3 is 0 Å². The zero-order valence-corrected chi connectivity index (χ0v) is 19.4. The number of fused-ring (bicyclic) bond motifs is 8. The lowest BCUT2D eigenvalue weighted by atomic mass is 10.1. The van der Waals surface area contributed by atoms with Gasteiger partial charge in [-0.05, 0) is 55.7 Å². The first-order valence-electron chi connectivity index (χ1n) is 11.4. The van der Waals surface area contributed by atoms with E-state index in [9.17, 15) is 8.42 Å². The Kier molecular flexibility index (Phi) is 5.22. The number of anilines is 2. The number of hydrogen-bond acceptors (Lipinski definition) is 7. The highest BCUT2D eigenvalue weighted by molar-refractivity contribution is 7.90. The van der Waals surface area contributed by atoms with Crippen LogP contribution in [0.25, 0.3) is 16.8 Å². The number of ether oxygens (including phenoxy) is 1. The Morgan fingerprint density at radius 3 is 2.68 bits per heavy atom. The van der Waals surface area contributed by atoms with Gasteiger partial charge in [0.1, 0.15) is 12.4 Å². The van der Waals surface area contributed by atoms with E-state index in [2.05, 4.69) is 20.5 Å². The van der Waals surface area contributed by atoms with E-state index in [0.717, 1.165) is 35.3 Å². The fourth-order valence-corrected chi connectivity index (χ4v) is 6.06. The largest absolute Gasteiger partial charge is 0.492 e. The summed E-state index contributed by atoms with van der Waals surface area (Å²) in [4.78, 5) is 4.42. The zero-order valence-electron chi connectivity index (χ0n) is 18.5. The molecule has 3 aliphatic rings. The smallest absolute Gasteiger partial charge is 0.245 e. The molecule has 0 atom stereocenters. The highest BCUT2D eigenvalue weighted by atomic mass is 32.2. The van der Waals surface area contributed by atoms with Crippen LogP contribution < -0.4 is 10.1 Å². The van der Waals surface area contributed by atoms with E-state index in [0.29, 0.717) is 44.4 Å². The molecule has 0 spiro atoms. The van der Waals surface area contributed by atoms with Gasteiger partial charge in [0.25, 0.3) is 0 Å². The van der Waals surface area contributed by atoms with Crippen molar-refractivity contribution in [3.8, 4) is 17.0 Å². The van der Waals surface area contributed by atoms with Crippen LogP contribution >= 0.6 is 0 Å². The quantitative estimate of drug-likeness (QED) is 0.471. The molecule has 176 valence electrons. The van der Waals surface area contributed by atoms with Gasteiger partial charge in [-0.2, -0.15) is 9.40 Å². The van der Waals surface area contributed by atoms with Crippen LogP contribution in [0.15, 0.2) is 55.0 Å². The van der Waals surface area contributed by atoms with Gasteiger partial charge < -0.3 is 10.1 Å². The molecule has 0 saturated heterocycles. The lowest BCUT2D eigenvalue weighted by Crippen LogP contribution is -2.38. The van der Waals surface area contributed by atoms with E-state index in [-0.39, 0.29) is 5.25 Å². The normalized spacial score (nSPS) is 17.6. The fourth-order valence-electron chi connectivity index (χ4n) is 4.20. The molecule has 1 aliphatic carbocycles. The maximum absolute atomic E-state index is 12.9.